The molecule has 3 nitrogen and oxygen atoms in total. The number of amides is 1. The van der Waals surface area contributed by atoms with Gasteiger partial charge in [0, 0.05) is 13.0 Å². The van der Waals surface area contributed by atoms with E-state index in [9.17, 15) is 9.59 Å². The third-order valence-electron chi connectivity index (χ3n) is 3.31. The van der Waals surface area contributed by atoms with Crippen molar-refractivity contribution >= 4 is 22.8 Å². The fraction of sp³-hybridized carbons (Fsp3) is 0.429. The second kappa shape index (κ2) is 6.01. The molecule has 1 saturated heterocycles. The van der Waals surface area contributed by atoms with Gasteiger partial charge in [0.25, 0.3) is 0 Å². The molecule has 1 amide bonds. The zero-order valence-corrected chi connectivity index (χ0v) is 10.9. The van der Waals surface area contributed by atoms with Crippen molar-refractivity contribution in [2.75, 3.05) is 6.54 Å². The Kier molecular flexibility index (Phi) is 4.37. The Morgan fingerprint density at radius 2 is 2.00 bits per heavy atom. The van der Waals surface area contributed by atoms with Crippen molar-refractivity contribution in [1.82, 2.24) is 4.90 Å². The molecule has 0 aliphatic carbocycles. The summed E-state index contributed by atoms with van der Waals surface area (Å²) in [6.45, 7) is 0.650. The number of hydrogen-bond donors (Lipinski definition) is 0. The maximum atomic E-state index is 12.0. The highest BCUT2D eigenvalue weighted by atomic mass is 35.5. The van der Waals surface area contributed by atoms with Crippen molar-refractivity contribution in [1.29, 1.82) is 0 Å². The van der Waals surface area contributed by atoms with Crippen LogP contribution in [0.5, 0.6) is 0 Å². The van der Waals surface area contributed by atoms with Crippen LogP contribution in [0, 0.1) is 0 Å². The molecular weight excluding hydrogens is 250 g/mol. The average Bonchev–Trinajstić information content (AvgIpc) is 2.86. The van der Waals surface area contributed by atoms with E-state index in [0.29, 0.717) is 25.8 Å². The maximum Gasteiger partial charge on any atom is 0.244 e. The summed E-state index contributed by atoms with van der Waals surface area (Å²) < 4.78 is 0. The van der Waals surface area contributed by atoms with Gasteiger partial charge in [-0.25, -0.2) is 0 Å². The van der Waals surface area contributed by atoms with Crippen LogP contribution in [0.1, 0.15) is 24.8 Å². The number of carbonyl (C=O) groups is 2. The number of halogens is 1. The van der Waals surface area contributed by atoms with E-state index in [1.165, 1.54) is 0 Å². The highest BCUT2D eigenvalue weighted by molar-refractivity contribution is 6.64. The van der Waals surface area contributed by atoms with Gasteiger partial charge in [0.15, 0.2) is 0 Å². The van der Waals surface area contributed by atoms with Gasteiger partial charge in [-0.05, 0) is 36.4 Å². The fourth-order valence-corrected chi connectivity index (χ4v) is 2.57. The molecule has 18 heavy (non-hydrogen) atoms. The summed E-state index contributed by atoms with van der Waals surface area (Å²) >= 11 is 5.51. The molecule has 4 heteroatoms. The Labute approximate surface area is 112 Å². The second-order valence-corrected chi connectivity index (χ2v) is 4.91. The molecule has 0 bridgehead atoms. The zero-order chi connectivity index (χ0) is 13.0. The molecule has 1 aliphatic heterocycles. The van der Waals surface area contributed by atoms with Crippen LogP contribution in [-0.4, -0.2) is 28.6 Å². The predicted molar refractivity (Wildman–Crippen MR) is 70.4 cm³/mol. The van der Waals surface area contributed by atoms with E-state index in [-0.39, 0.29) is 5.91 Å². The molecule has 2 rings (SSSR count). The molecule has 0 spiro atoms. The molecule has 0 aromatic heterocycles. The molecular formula is C14H16ClNO2. The molecule has 1 unspecified atom stereocenters. The van der Waals surface area contributed by atoms with E-state index in [1.54, 1.807) is 4.90 Å². The first-order valence-electron chi connectivity index (χ1n) is 6.21. The second-order valence-electron chi connectivity index (χ2n) is 4.53. The molecule has 0 N–H and O–H groups in total. The first-order chi connectivity index (χ1) is 8.68. The molecule has 96 valence electrons. The van der Waals surface area contributed by atoms with Crippen LogP contribution < -0.4 is 0 Å². The SMILES string of the molecule is O=C(Cl)C1CCCN1C(=O)CCc1ccccc1. The molecule has 1 fully saturated rings. The number of rotatable bonds is 4. The third kappa shape index (κ3) is 3.10. The molecule has 0 saturated carbocycles. The Hall–Kier alpha value is -1.35. The number of nitrogens with zero attached hydrogens (tertiary/aromatic N) is 1. The summed E-state index contributed by atoms with van der Waals surface area (Å²) in [6, 6.07) is 9.47. The van der Waals surface area contributed by atoms with Crippen LogP contribution >= 0.6 is 11.6 Å². The lowest BCUT2D eigenvalue weighted by Gasteiger charge is -2.21. The van der Waals surface area contributed by atoms with Gasteiger partial charge in [-0.2, -0.15) is 0 Å². The van der Waals surface area contributed by atoms with E-state index >= 15 is 0 Å². The lowest BCUT2D eigenvalue weighted by atomic mass is 10.1. The molecule has 1 atom stereocenters. The third-order valence-corrected chi connectivity index (χ3v) is 3.56. The fourth-order valence-electron chi connectivity index (χ4n) is 2.34. The average molecular weight is 266 g/mol. The number of carbonyl (C=O) groups excluding carboxylic acids is 2. The van der Waals surface area contributed by atoms with Gasteiger partial charge in [-0.3, -0.25) is 9.59 Å². The van der Waals surface area contributed by atoms with Gasteiger partial charge < -0.3 is 4.90 Å². The Morgan fingerprint density at radius 1 is 1.28 bits per heavy atom. The van der Waals surface area contributed by atoms with Crippen LogP contribution in [0.3, 0.4) is 0 Å². The summed E-state index contributed by atoms with van der Waals surface area (Å²) in [5, 5.41) is -0.416. The Bertz CT molecular complexity index is 433. The van der Waals surface area contributed by atoms with Gasteiger partial charge in [-0.1, -0.05) is 30.3 Å². The first kappa shape index (κ1) is 13.1. The van der Waals surface area contributed by atoms with Gasteiger partial charge in [-0.15, -0.1) is 0 Å². The smallest absolute Gasteiger partial charge is 0.244 e. The van der Waals surface area contributed by atoms with Crippen molar-refractivity contribution in [3.8, 4) is 0 Å². The van der Waals surface area contributed by atoms with Crippen LogP contribution in [-0.2, 0) is 16.0 Å². The predicted octanol–water partition coefficient (Wildman–Crippen LogP) is 2.38. The highest BCUT2D eigenvalue weighted by Crippen LogP contribution is 2.20. The van der Waals surface area contributed by atoms with Crippen LogP contribution in [0.25, 0.3) is 0 Å². The maximum absolute atomic E-state index is 12.0. The summed E-state index contributed by atoms with van der Waals surface area (Å²) in [5.41, 5.74) is 1.14. The van der Waals surface area contributed by atoms with Crippen molar-refractivity contribution in [3.05, 3.63) is 35.9 Å². The van der Waals surface area contributed by atoms with Gasteiger partial charge in [0.05, 0.1) is 0 Å². The topological polar surface area (TPSA) is 37.4 Å². The summed E-state index contributed by atoms with van der Waals surface area (Å²) in [5.74, 6) is 0.0235. The quantitative estimate of drug-likeness (QED) is 0.784. The van der Waals surface area contributed by atoms with Gasteiger partial charge >= 0.3 is 0 Å². The first-order valence-corrected chi connectivity index (χ1v) is 6.59. The van der Waals surface area contributed by atoms with Crippen LogP contribution in [0.4, 0.5) is 0 Å². The van der Waals surface area contributed by atoms with Gasteiger partial charge in [0.2, 0.25) is 11.1 Å². The largest absolute Gasteiger partial charge is 0.331 e. The zero-order valence-electron chi connectivity index (χ0n) is 10.1. The number of likely N-dealkylation sites (tertiary alicyclic amines) is 1. The molecule has 1 aliphatic rings. The lowest BCUT2D eigenvalue weighted by molar-refractivity contribution is -0.135. The highest BCUT2D eigenvalue weighted by Gasteiger charge is 2.32. The Morgan fingerprint density at radius 3 is 2.67 bits per heavy atom. The minimum absolute atomic E-state index is 0.0235. The van der Waals surface area contributed by atoms with Crippen LogP contribution in [0.2, 0.25) is 0 Å². The van der Waals surface area contributed by atoms with E-state index in [2.05, 4.69) is 0 Å². The summed E-state index contributed by atoms with van der Waals surface area (Å²) in [7, 11) is 0. The van der Waals surface area contributed by atoms with E-state index in [0.717, 1.165) is 12.0 Å². The van der Waals surface area contributed by atoms with E-state index in [1.807, 2.05) is 30.3 Å². The Balaban J connectivity index is 1.90. The molecule has 0 radical (unpaired) electrons. The van der Waals surface area contributed by atoms with Crippen LogP contribution in [0.15, 0.2) is 30.3 Å². The van der Waals surface area contributed by atoms with E-state index < -0.39 is 11.3 Å². The molecule has 1 aromatic rings. The minimum atomic E-state index is -0.416. The standard InChI is InChI=1S/C14H16ClNO2/c15-14(18)12-7-4-10-16(12)13(17)9-8-11-5-2-1-3-6-11/h1-3,5-6,12H,4,7-10H2. The van der Waals surface area contributed by atoms with Gasteiger partial charge in [0.1, 0.15) is 6.04 Å². The number of aryl methyl sites for hydroxylation is 1. The number of benzene rings is 1. The lowest BCUT2D eigenvalue weighted by Crippen LogP contribution is -2.38. The monoisotopic (exact) mass is 265 g/mol. The van der Waals surface area contributed by atoms with Crippen molar-refractivity contribution in [2.45, 2.75) is 31.7 Å². The molecule has 1 heterocycles. The van der Waals surface area contributed by atoms with E-state index in [4.69, 9.17) is 11.6 Å². The summed E-state index contributed by atoms with van der Waals surface area (Å²) in [6.07, 6.45) is 2.70. The van der Waals surface area contributed by atoms with Crippen molar-refractivity contribution in [3.63, 3.8) is 0 Å². The normalized spacial score (nSPS) is 18.9. The minimum Gasteiger partial charge on any atom is -0.331 e. The summed E-state index contributed by atoms with van der Waals surface area (Å²) in [4.78, 5) is 24.9. The van der Waals surface area contributed by atoms with Crippen molar-refractivity contribution in [2.24, 2.45) is 0 Å². The molecule has 1 aromatic carbocycles. The van der Waals surface area contributed by atoms with Crippen molar-refractivity contribution < 1.29 is 9.59 Å². The number of hydrogen-bond acceptors (Lipinski definition) is 2.